The monoisotopic (exact) mass is 472 g/mol. The van der Waals surface area contributed by atoms with Gasteiger partial charge in [0.1, 0.15) is 17.4 Å². The zero-order chi connectivity index (χ0) is 23.7. The Hall–Kier alpha value is -4.11. The molecular weight excluding hydrogens is 452 g/mol. The molecule has 0 radical (unpaired) electrons. The van der Waals surface area contributed by atoms with Gasteiger partial charge >= 0.3 is 5.97 Å². The van der Waals surface area contributed by atoms with E-state index in [9.17, 15) is 9.59 Å². The number of benzene rings is 2. The van der Waals surface area contributed by atoms with Crippen molar-refractivity contribution in [1.82, 2.24) is 14.6 Å². The molecular formula is C25H20N4O4S. The molecule has 0 spiro atoms. The van der Waals surface area contributed by atoms with Gasteiger partial charge in [0.25, 0.3) is 5.56 Å². The third kappa shape index (κ3) is 4.51. The topological polar surface area (TPSA) is 95.2 Å². The molecule has 9 heteroatoms. The predicted molar refractivity (Wildman–Crippen MR) is 129 cm³/mol. The summed E-state index contributed by atoms with van der Waals surface area (Å²) in [5.41, 5.74) is 3.14. The maximum absolute atomic E-state index is 12.3. The zero-order valence-corrected chi connectivity index (χ0v) is 19.3. The van der Waals surface area contributed by atoms with Crippen LogP contribution in [0.2, 0.25) is 0 Å². The first-order chi connectivity index (χ1) is 16.5. The first-order valence-electron chi connectivity index (χ1n) is 10.7. The van der Waals surface area contributed by atoms with Gasteiger partial charge in [-0.1, -0.05) is 48.1 Å². The first-order valence-corrected chi connectivity index (χ1v) is 11.5. The van der Waals surface area contributed by atoms with Crippen LogP contribution in [0.15, 0.2) is 70.1 Å². The lowest BCUT2D eigenvalue weighted by Gasteiger charge is -2.06. The molecule has 0 saturated heterocycles. The van der Waals surface area contributed by atoms with Crippen molar-refractivity contribution in [3.8, 4) is 5.75 Å². The fourth-order valence-corrected chi connectivity index (χ4v) is 4.26. The van der Waals surface area contributed by atoms with Crippen molar-refractivity contribution in [3.63, 3.8) is 0 Å². The minimum Gasteiger partial charge on any atom is -0.487 e. The largest absolute Gasteiger partial charge is 0.487 e. The average molecular weight is 473 g/mol. The van der Waals surface area contributed by atoms with Crippen molar-refractivity contribution in [2.75, 3.05) is 0 Å². The Labute approximate surface area is 198 Å². The van der Waals surface area contributed by atoms with Crippen LogP contribution in [0.1, 0.15) is 34.3 Å². The van der Waals surface area contributed by atoms with E-state index in [1.54, 1.807) is 18.2 Å². The molecule has 170 valence electrons. The van der Waals surface area contributed by atoms with Crippen LogP contribution >= 0.6 is 11.3 Å². The highest BCUT2D eigenvalue weighted by Gasteiger charge is 2.24. The van der Waals surface area contributed by atoms with Crippen molar-refractivity contribution < 1.29 is 14.3 Å². The Morgan fingerprint density at radius 2 is 1.94 bits per heavy atom. The van der Waals surface area contributed by atoms with Crippen molar-refractivity contribution >= 4 is 34.2 Å². The number of esters is 1. The quantitative estimate of drug-likeness (QED) is 0.312. The van der Waals surface area contributed by atoms with Crippen molar-refractivity contribution in [2.45, 2.75) is 26.9 Å². The van der Waals surface area contributed by atoms with E-state index in [1.807, 2.05) is 50.2 Å². The fourth-order valence-electron chi connectivity index (χ4n) is 3.40. The number of ether oxygens (including phenoxy) is 2. The molecule has 0 saturated carbocycles. The molecule has 0 unspecified atom stereocenters. The molecule has 0 amide bonds. The van der Waals surface area contributed by atoms with Gasteiger partial charge in [-0.3, -0.25) is 4.79 Å². The molecule has 0 atom stereocenters. The highest BCUT2D eigenvalue weighted by molar-refractivity contribution is 7.16. The average Bonchev–Trinajstić information content (AvgIpc) is 3.42. The number of carbonyl (C=O) groups excluding carboxylic acids is 1. The number of hydrogen-bond acceptors (Lipinski definition) is 8. The number of aryl methyl sites for hydroxylation is 2. The molecule has 1 aliphatic rings. The summed E-state index contributed by atoms with van der Waals surface area (Å²) in [4.78, 5) is 33.9. The molecule has 2 aromatic heterocycles. The molecule has 0 fully saturated rings. The summed E-state index contributed by atoms with van der Waals surface area (Å²) in [5.74, 6) is 0.423. The summed E-state index contributed by atoms with van der Waals surface area (Å²) in [5, 5.41) is 5.10. The standard InChI is InChI=1S/C25H20N4O4S/c1-3-21-28-29-22(30)13-18(26-25(29)34-21)14-32-19-9-7-16(8-10-19)12-20-24(31)33-23(27-20)17-6-4-5-15(2)11-17/h4-13H,3,14H2,1-2H3. The van der Waals surface area contributed by atoms with Crippen molar-refractivity contribution in [3.05, 3.63) is 98.0 Å². The summed E-state index contributed by atoms with van der Waals surface area (Å²) in [6.45, 7) is 4.11. The third-order valence-electron chi connectivity index (χ3n) is 5.10. The Kier molecular flexibility index (Phi) is 5.77. The van der Waals surface area contributed by atoms with Gasteiger partial charge in [-0.2, -0.15) is 9.61 Å². The fraction of sp³-hybridized carbons (Fsp3) is 0.160. The minimum atomic E-state index is -0.487. The Balaban J connectivity index is 1.28. The molecule has 1 aliphatic heterocycles. The maximum Gasteiger partial charge on any atom is 0.363 e. The van der Waals surface area contributed by atoms with Gasteiger partial charge < -0.3 is 9.47 Å². The lowest BCUT2D eigenvalue weighted by Crippen LogP contribution is -2.16. The molecule has 8 nitrogen and oxygen atoms in total. The van der Waals surface area contributed by atoms with Crippen LogP contribution in [0.5, 0.6) is 5.75 Å². The van der Waals surface area contributed by atoms with Crippen LogP contribution in [-0.4, -0.2) is 26.5 Å². The maximum atomic E-state index is 12.3. The van der Waals surface area contributed by atoms with E-state index in [4.69, 9.17) is 9.47 Å². The Morgan fingerprint density at radius 3 is 2.71 bits per heavy atom. The van der Waals surface area contributed by atoms with Crippen LogP contribution in [0, 0.1) is 6.92 Å². The van der Waals surface area contributed by atoms with E-state index in [1.165, 1.54) is 21.9 Å². The summed E-state index contributed by atoms with van der Waals surface area (Å²) >= 11 is 1.39. The van der Waals surface area contributed by atoms with E-state index in [0.717, 1.165) is 28.1 Å². The van der Waals surface area contributed by atoms with Gasteiger partial charge in [-0.15, -0.1) is 0 Å². The molecule has 4 aromatic rings. The Bertz CT molecular complexity index is 1520. The van der Waals surface area contributed by atoms with E-state index in [2.05, 4.69) is 15.1 Å². The number of nitrogens with zero attached hydrogens (tertiary/aromatic N) is 4. The number of cyclic esters (lactones) is 1. The van der Waals surface area contributed by atoms with Crippen LogP contribution in [0.4, 0.5) is 0 Å². The Morgan fingerprint density at radius 1 is 1.12 bits per heavy atom. The van der Waals surface area contributed by atoms with Gasteiger partial charge in [0, 0.05) is 11.6 Å². The summed E-state index contributed by atoms with van der Waals surface area (Å²) in [7, 11) is 0. The molecule has 0 aliphatic carbocycles. The lowest BCUT2D eigenvalue weighted by molar-refractivity contribution is -0.129. The highest BCUT2D eigenvalue weighted by Crippen LogP contribution is 2.21. The van der Waals surface area contributed by atoms with Crippen LogP contribution in [0.25, 0.3) is 11.0 Å². The second-order valence-electron chi connectivity index (χ2n) is 7.69. The molecule has 3 heterocycles. The van der Waals surface area contributed by atoms with Crippen LogP contribution in [-0.2, 0) is 22.6 Å². The second kappa shape index (κ2) is 9.03. The normalized spacial score (nSPS) is 14.5. The number of aliphatic imine (C=N–C) groups is 1. The van der Waals surface area contributed by atoms with Gasteiger partial charge in [-0.25, -0.2) is 14.8 Å². The summed E-state index contributed by atoms with van der Waals surface area (Å²) in [6.07, 6.45) is 2.42. The number of rotatable bonds is 6. The van der Waals surface area contributed by atoms with Gasteiger partial charge in [0.15, 0.2) is 5.70 Å². The number of aromatic nitrogens is 3. The molecule has 2 aromatic carbocycles. The minimum absolute atomic E-state index is 0.155. The zero-order valence-electron chi connectivity index (χ0n) is 18.5. The molecule has 0 N–H and O–H groups in total. The van der Waals surface area contributed by atoms with Gasteiger partial charge in [-0.05, 0) is 49.2 Å². The highest BCUT2D eigenvalue weighted by atomic mass is 32.1. The van der Waals surface area contributed by atoms with Gasteiger partial charge in [0.05, 0.1) is 5.69 Å². The van der Waals surface area contributed by atoms with Crippen molar-refractivity contribution in [1.29, 1.82) is 0 Å². The van der Waals surface area contributed by atoms with Gasteiger partial charge in [0.2, 0.25) is 10.9 Å². The molecule has 34 heavy (non-hydrogen) atoms. The number of fused-ring (bicyclic) bond motifs is 1. The number of carbonyl (C=O) groups is 1. The smallest absolute Gasteiger partial charge is 0.363 e. The van der Waals surface area contributed by atoms with Crippen molar-refractivity contribution in [2.24, 2.45) is 4.99 Å². The summed E-state index contributed by atoms with van der Waals surface area (Å²) in [6, 6.07) is 16.3. The molecule has 5 rings (SSSR count). The van der Waals surface area contributed by atoms with E-state index >= 15 is 0 Å². The summed E-state index contributed by atoms with van der Waals surface area (Å²) < 4.78 is 12.4. The first kappa shape index (κ1) is 21.7. The molecule has 0 bridgehead atoms. The predicted octanol–water partition coefficient (Wildman–Crippen LogP) is 3.95. The van der Waals surface area contributed by atoms with Crippen LogP contribution in [0.3, 0.4) is 0 Å². The third-order valence-corrected chi connectivity index (χ3v) is 6.15. The second-order valence-corrected chi connectivity index (χ2v) is 8.73. The van der Waals surface area contributed by atoms with E-state index in [0.29, 0.717) is 22.3 Å². The van der Waals surface area contributed by atoms with E-state index < -0.39 is 5.97 Å². The SMILES string of the molecule is CCc1nn2c(=O)cc(COc3ccc(C=C4N=C(c5cccc(C)c5)OC4=O)cc3)nc2s1. The number of hydrogen-bond donors (Lipinski definition) is 0. The van der Waals surface area contributed by atoms with Crippen LogP contribution < -0.4 is 10.3 Å². The lowest BCUT2D eigenvalue weighted by atomic mass is 10.1. The van der Waals surface area contributed by atoms with E-state index in [-0.39, 0.29) is 17.9 Å².